The Hall–Kier alpha value is -3.29. The topological polar surface area (TPSA) is 103 Å². The highest BCUT2D eigenvalue weighted by Crippen LogP contribution is 2.29. The molecule has 2 aromatic heterocycles. The second-order valence-electron chi connectivity index (χ2n) is 7.24. The third kappa shape index (κ3) is 3.33. The van der Waals surface area contributed by atoms with Crippen LogP contribution in [-0.4, -0.2) is 32.2 Å². The summed E-state index contributed by atoms with van der Waals surface area (Å²) in [6.45, 7) is 0. The highest BCUT2D eigenvalue weighted by molar-refractivity contribution is 5.75. The fourth-order valence-corrected chi connectivity index (χ4v) is 3.54. The van der Waals surface area contributed by atoms with Gasteiger partial charge < -0.3 is 14.5 Å². The number of hydrogen-bond donors (Lipinski definition) is 1. The molecule has 5 rings (SSSR count). The third-order valence-corrected chi connectivity index (χ3v) is 5.32. The normalized spacial score (nSPS) is 16.4. The van der Waals surface area contributed by atoms with Gasteiger partial charge in [-0.25, -0.2) is 9.97 Å². The van der Waals surface area contributed by atoms with Crippen molar-refractivity contribution in [2.75, 3.05) is 5.32 Å². The van der Waals surface area contributed by atoms with E-state index in [1.807, 2.05) is 0 Å². The zero-order valence-electron chi connectivity index (χ0n) is 15.2. The SMILES string of the molecule is O=C(Oc1nnc(-c2cnc(NC3Cc4ccccc4C3)nc2)o1)C1CCC1. The first-order valence-electron chi connectivity index (χ1n) is 9.45. The smallest absolute Gasteiger partial charge is 0.388 e. The van der Waals surface area contributed by atoms with Crippen LogP contribution in [0, 0.1) is 5.92 Å². The minimum absolute atomic E-state index is 0.0502. The molecule has 0 bridgehead atoms. The van der Waals surface area contributed by atoms with Crippen molar-refractivity contribution in [3.8, 4) is 17.5 Å². The Morgan fingerprint density at radius 1 is 1.07 bits per heavy atom. The number of carbonyl (C=O) groups excluding carboxylic acids is 1. The first-order chi connectivity index (χ1) is 13.7. The van der Waals surface area contributed by atoms with Crippen LogP contribution in [0.2, 0.25) is 0 Å². The predicted molar refractivity (Wildman–Crippen MR) is 99.6 cm³/mol. The Labute approximate surface area is 161 Å². The molecular formula is C20H19N5O3. The molecule has 0 atom stereocenters. The Morgan fingerprint density at radius 2 is 1.79 bits per heavy atom. The third-order valence-electron chi connectivity index (χ3n) is 5.32. The number of esters is 1. The quantitative estimate of drug-likeness (QED) is 0.677. The molecular weight excluding hydrogens is 358 g/mol. The molecule has 3 aromatic rings. The van der Waals surface area contributed by atoms with E-state index in [0.717, 1.165) is 32.1 Å². The molecule has 1 N–H and O–H groups in total. The first kappa shape index (κ1) is 16.9. The van der Waals surface area contributed by atoms with Gasteiger partial charge >= 0.3 is 12.0 Å². The van der Waals surface area contributed by atoms with Gasteiger partial charge in [-0.1, -0.05) is 35.8 Å². The van der Waals surface area contributed by atoms with E-state index >= 15 is 0 Å². The van der Waals surface area contributed by atoms with Gasteiger partial charge in [0, 0.05) is 18.4 Å². The van der Waals surface area contributed by atoms with Crippen LogP contribution >= 0.6 is 0 Å². The number of rotatable bonds is 5. The Balaban J connectivity index is 1.21. The number of nitrogens with zero attached hydrogens (tertiary/aromatic N) is 4. The molecule has 8 nitrogen and oxygen atoms in total. The van der Waals surface area contributed by atoms with E-state index < -0.39 is 0 Å². The lowest BCUT2D eigenvalue weighted by Crippen LogP contribution is -2.26. The Kier molecular flexibility index (Phi) is 4.23. The average Bonchev–Trinajstić information content (AvgIpc) is 3.27. The number of ether oxygens (including phenoxy) is 1. The summed E-state index contributed by atoms with van der Waals surface area (Å²) in [4.78, 5) is 20.5. The standard InChI is InChI=1S/C20H19N5O3/c26-18(12-6-3-7-12)28-20-25-24-17(27-20)15-10-21-19(22-11-15)23-16-8-13-4-1-2-5-14(13)9-16/h1-2,4-5,10-12,16H,3,6-9H2,(H,21,22,23). The van der Waals surface area contributed by atoms with E-state index in [-0.39, 0.29) is 29.9 Å². The van der Waals surface area contributed by atoms with Gasteiger partial charge in [0.1, 0.15) is 0 Å². The summed E-state index contributed by atoms with van der Waals surface area (Å²) in [5, 5.41) is 11.0. The fourth-order valence-electron chi connectivity index (χ4n) is 3.54. The Morgan fingerprint density at radius 3 is 2.43 bits per heavy atom. The summed E-state index contributed by atoms with van der Waals surface area (Å²) in [5.74, 6) is 0.412. The number of carbonyl (C=O) groups is 1. The summed E-state index contributed by atoms with van der Waals surface area (Å²) < 4.78 is 10.5. The van der Waals surface area contributed by atoms with Crippen LogP contribution in [0.1, 0.15) is 30.4 Å². The van der Waals surface area contributed by atoms with Gasteiger partial charge in [-0.05, 0) is 36.8 Å². The summed E-state index contributed by atoms with van der Waals surface area (Å²) in [6, 6.07) is 8.73. The van der Waals surface area contributed by atoms with Crippen molar-refractivity contribution in [2.45, 2.75) is 38.1 Å². The maximum atomic E-state index is 11.8. The van der Waals surface area contributed by atoms with Crippen LogP contribution < -0.4 is 10.1 Å². The first-order valence-corrected chi connectivity index (χ1v) is 9.45. The van der Waals surface area contributed by atoms with Crippen molar-refractivity contribution in [1.29, 1.82) is 0 Å². The highest BCUT2D eigenvalue weighted by atomic mass is 16.6. The van der Waals surface area contributed by atoms with Gasteiger partial charge in [-0.3, -0.25) is 4.79 Å². The van der Waals surface area contributed by atoms with E-state index in [9.17, 15) is 4.79 Å². The molecule has 0 amide bonds. The number of benzene rings is 1. The summed E-state index contributed by atoms with van der Waals surface area (Å²) in [7, 11) is 0. The van der Waals surface area contributed by atoms with E-state index in [4.69, 9.17) is 9.15 Å². The summed E-state index contributed by atoms with van der Waals surface area (Å²) in [5.41, 5.74) is 3.30. The summed E-state index contributed by atoms with van der Waals surface area (Å²) >= 11 is 0. The van der Waals surface area contributed by atoms with Crippen molar-refractivity contribution < 1.29 is 13.9 Å². The maximum Gasteiger partial charge on any atom is 0.422 e. The number of nitrogens with one attached hydrogen (secondary N) is 1. The molecule has 0 saturated heterocycles. The van der Waals surface area contributed by atoms with Gasteiger partial charge in [0.15, 0.2) is 0 Å². The van der Waals surface area contributed by atoms with Crippen molar-refractivity contribution >= 4 is 11.9 Å². The lowest BCUT2D eigenvalue weighted by molar-refractivity contribution is -0.143. The van der Waals surface area contributed by atoms with Crippen molar-refractivity contribution in [3.63, 3.8) is 0 Å². The van der Waals surface area contributed by atoms with Crippen LogP contribution in [0.5, 0.6) is 6.08 Å². The second kappa shape index (κ2) is 7.03. The fraction of sp³-hybridized carbons (Fsp3) is 0.350. The van der Waals surface area contributed by atoms with E-state index in [1.165, 1.54) is 11.1 Å². The molecule has 142 valence electrons. The van der Waals surface area contributed by atoms with Crippen LogP contribution in [0.15, 0.2) is 41.1 Å². The van der Waals surface area contributed by atoms with Gasteiger partial charge in [0.25, 0.3) is 5.89 Å². The van der Waals surface area contributed by atoms with Gasteiger partial charge in [0.05, 0.1) is 11.5 Å². The molecule has 28 heavy (non-hydrogen) atoms. The zero-order valence-corrected chi connectivity index (χ0v) is 15.2. The van der Waals surface area contributed by atoms with Crippen molar-refractivity contribution in [1.82, 2.24) is 20.2 Å². The molecule has 0 unspecified atom stereocenters. The monoisotopic (exact) mass is 377 g/mol. The van der Waals surface area contributed by atoms with Crippen molar-refractivity contribution in [2.24, 2.45) is 5.92 Å². The van der Waals surface area contributed by atoms with Crippen LogP contribution in [0.25, 0.3) is 11.5 Å². The van der Waals surface area contributed by atoms with Crippen LogP contribution in [0.4, 0.5) is 5.95 Å². The highest BCUT2D eigenvalue weighted by Gasteiger charge is 2.28. The molecule has 2 heterocycles. The lowest BCUT2D eigenvalue weighted by atomic mass is 9.86. The maximum absolute atomic E-state index is 11.8. The largest absolute Gasteiger partial charge is 0.422 e. The van der Waals surface area contributed by atoms with Gasteiger partial charge in [0.2, 0.25) is 5.95 Å². The van der Waals surface area contributed by atoms with E-state index in [1.54, 1.807) is 12.4 Å². The second-order valence-corrected chi connectivity index (χ2v) is 7.24. The Bertz CT molecular complexity index is 972. The van der Waals surface area contributed by atoms with Gasteiger partial charge in [-0.15, -0.1) is 5.10 Å². The average molecular weight is 377 g/mol. The molecule has 0 spiro atoms. The van der Waals surface area contributed by atoms with Crippen LogP contribution in [0.3, 0.4) is 0 Å². The molecule has 1 saturated carbocycles. The number of hydrogen-bond acceptors (Lipinski definition) is 8. The molecule has 0 aliphatic heterocycles. The number of fused-ring (bicyclic) bond motifs is 1. The molecule has 1 fully saturated rings. The number of aromatic nitrogens is 4. The van der Waals surface area contributed by atoms with Crippen LogP contribution in [-0.2, 0) is 17.6 Å². The van der Waals surface area contributed by atoms with Gasteiger partial charge in [-0.2, -0.15) is 0 Å². The lowest BCUT2D eigenvalue weighted by Gasteiger charge is -2.21. The predicted octanol–water partition coefficient (Wildman–Crippen LogP) is 2.81. The van der Waals surface area contributed by atoms with E-state index in [2.05, 4.69) is 49.7 Å². The minimum atomic E-state index is -0.310. The molecule has 2 aliphatic carbocycles. The molecule has 0 radical (unpaired) electrons. The minimum Gasteiger partial charge on any atom is -0.388 e. The zero-order chi connectivity index (χ0) is 18.9. The van der Waals surface area contributed by atoms with Crippen molar-refractivity contribution in [3.05, 3.63) is 47.8 Å². The molecule has 1 aromatic carbocycles. The number of anilines is 1. The van der Waals surface area contributed by atoms with E-state index in [0.29, 0.717) is 11.5 Å². The molecule has 8 heteroatoms. The molecule has 2 aliphatic rings. The summed E-state index contributed by atoms with van der Waals surface area (Å²) in [6.07, 6.45) is 7.77.